The Bertz CT molecular complexity index is 1070. The molecule has 0 spiro atoms. The summed E-state index contributed by atoms with van der Waals surface area (Å²) in [5.41, 5.74) is 6.88. The number of halogens is 1. The molecule has 0 amide bonds. The molecule has 0 aliphatic heterocycles. The number of hydrogen-bond donors (Lipinski definition) is 1. The van der Waals surface area contributed by atoms with Gasteiger partial charge in [-0.05, 0) is 39.5 Å². The van der Waals surface area contributed by atoms with E-state index in [4.69, 9.17) is 0 Å². The Labute approximate surface area is 168 Å². The minimum Gasteiger partial charge on any atom is -0.507 e. The van der Waals surface area contributed by atoms with Gasteiger partial charge in [0, 0.05) is 26.7 Å². The van der Waals surface area contributed by atoms with Crippen molar-refractivity contribution in [3.8, 4) is 39.1 Å². The molecule has 0 aliphatic rings. The fourth-order valence-electron chi connectivity index (χ4n) is 3.53. The summed E-state index contributed by atoms with van der Waals surface area (Å²) in [6, 6.07) is 30.5. The molecule has 0 unspecified atom stereocenters. The molecule has 4 aromatic carbocycles. The molecule has 0 saturated heterocycles. The summed E-state index contributed by atoms with van der Waals surface area (Å²) in [4.78, 5) is 0. The summed E-state index contributed by atoms with van der Waals surface area (Å²) in [5.74, 6) is 0.321. The van der Waals surface area contributed by atoms with Gasteiger partial charge in [-0.3, -0.25) is 0 Å². The van der Waals surface area contributed by atoms with Crippen LogP contribution >= 0.6 is 15.9 Å². The minimum atomic E-state index is 0.321. The molecule has 0 saturated carbocycles. The number of rotatable bonds is 3. The van der Waals surface area contributed by atoms with Crippen molar-refractivity contribution in [2.24, 2.45) is 0 Å². The molecule has 0 atom stereocenters. The van der Waals surface area contributed by atoms with Gasteiger partial charge in [0.15, 0.2) is 0 Å². The zero-order chi connectivity index (χ0) is 18.8. The molecule has 0 aliphatic carbocycles. The average molecular weight is 415 g/mol. The predicted molar refractivity (Wildman–Crippen MR) is 117 cm³/mol. The van der Waals surface area contributed by atoms with Gasteiger partial charge in [-0.2, -0.15) is 0 Å². The van der Waals surface area contributed by atoms with Crippen molar-refractivity contribution in [2.75, 3.05) is 0 Å². The smallest absolute Gasteiger partial charge is 0.127 e. The first kappa shape index (κ1) is 17.6. The van der Waals surface area contributed by atoms with Gasteiger partial charge < -0.3 is 5.11 Å². The van der Waals surface area contributed by atoms with Crippen LogP contribution in [-0.2, 0) is 0 Å². The van der Waals surface area contributed by atoms with E-state index in [1.165, 1.54) is 0 Å². The maximum absolute atomic E-state index is 11.2. The molecule has 2 heteroatoms. The van der Waals surface area contributed by atoms with Crippen molar-refractivity contribution in [3.05, 3.63) is 101 Å². The van der Waals surface area contributed by atoms with E-state index < -0.39 is 0 Å². The molecule has 27 heavy (non-hydrogen) atoms. The Hall–Kier alpha value is -2.84. The maximum atomic E-state index is 11.2. The van der Waals surface area contributed by atoms with Gasteiger partial charge in [-0.15, -0.1) is 0 Å². The summed E-state index contributed by atoms with van der Waals surface area (Å²) in [5, 5.41) is 11.2. The molecule has 132 valence electrons. The van der Waals surface area contributed by atoms with Crippen molar-refractivity contribution >= 4 is 15.9 Å². The van der Waals surface area contributed by atoms with Crippen LogP contribution < -0.4 is 0 Å². The molecule has 0 heterocycles. The highest BCUT2D eigenvalue weighted by molar-refractivity contribution is 9.10. The van der Waals surface area contributed by atoms with E-state index in [-0.39, 0.29) is 0 Å². The second-order valence-electron chi connectivity index (χ2n) is 6.51. The molecule has 0 bridgehead atoms. The van der Waals surface area contributed by atoms with Crippen molar-refractivity contribution in [1.29, 1.82) is 0 Å². The Kier molecular flexibility index (Phi) is 4.83. The van der Waals surface area contributed by atoms with E-state index in [1.807, 2.05) is 73.7 Å². The Morgan fingerprint density at radius 2 is 0.926 bits per heavy atom. The fraction of sp³-hybridized carbons (Fsp3) is 0.0400. The lowest BCUT2D eigenvalue weighted by molar-refractivity contribution is 0.473. The van der Waals surface area contributed by atoms with Gasteiger partial charge in [0.25, 0.3) is 0 Å². The summed E-state index contributed by atoms with van der Waals surface area (Å²) in [6.45, 7) is 1.98. The van der Waals surface area contributed by atoms with Crippen LogP contribution in [0.25, 0.3) is 33.4 Å². The van der Waals surface area contributed by atoms with Gasteiger partial charge in [-0.1, -0.05) is 91.0 Å². The molecular formula is C25H19BrO. The third-order valence-corrected chi connectivity index (χ3v) is 5.64. The van der Waals surface area contributed by atoms with E-state index in [2.05, 4.69) is 40.2 Å². The van der Waals surface area contributed by atoms with Crippen LogP contribution in [0, 0.1) is 6.92 Å². The topological polar surface area (TPSA) is 20.2 Å². The Balaban J connectivity index is 2.12. The zero-order valence-corrected chi connectivity index (χ0v) is 16.6. The van der Waals surface area contributed by atoms with Crippen LogP contribution in [0.15, 0.2) is 95.5 Å². The second kappa shape index (κ2) is 7.42. The normalized spacial score (nSPS) is 10.7. The Morgan fingerprint density at radius 3 is 1.37 bits per heavy atom. The number of aromatic hydroxyl groups is 1. The molecular weight excluding hydrogens is 396 g/mol. The molecule has 0 fully saturated rings. The standard InChI is InChI=1S/C25H19BrO/c1-17-21(18-11-5-2-6-12-18)24(26)22(19-13-7-3-8-14-19)23(25(17)27)20-15-9-4-10-16-20/h2-16,27H,1H3. The van der Waals surface area contributed by atoms with Crippen LogP contribution in [0.5, 0.6) is 5.75 Å². The molecule has 4 rings (SSSR count). The summed E-state index contributed by atoms with van der Waals surface area (Å²) < 4.78 is 0.994. The first-order chi connectivity index (χ1) is 13.2. The summed E-state index contributed by atoms with van der Waals surface area (Å²) in [7, 11) is 0. The van der Waals surface area contributed by atoms with E-state index in [0.717, 1.165) is 43.4 Å². The zero-order valence-electron chi connectivity index (χ0n) is 15.0. The quantitative estimate of drug-likeness (QED) is 0.368. The third-order valence-electron chi connectivity index (χ3n) is 4.84. The van der Waals surface area contributed by atoms with Crippen LogP contribution in [0.2, 0.25) is 0 Å². The number of phenols is 1. The van der Waals surface area contributed by atoms with E-state index >= 15 is 0 Å². The van der Waals surface area contributed by atoms with Crippen molar-refractivity contribution < 1.29 is 5.11 Å². The average Bonchev–Trinajstić information content (AvgIpc) is 2.73. The molecule has 0 aromatic heterocycles. The molecule has 1 nitrogen and oxygen atoms in total. The van der Waals surface area contributed by atoms with Crippen LogP contribution in [0.4, 0.5) is 0 Å². The third kappa shape index (κ3) is 3.17. The van der Waals surface area contributed by atoms with Gasteiger partial charge in [0.2, 0.25) is 0 Å². The number of phenolic OH excluding ortho intramolecular Hbond substituents is 1. The SMILES string of the molecule is Cc1c(O)c(-c2ccccc2)c(-c2ccccc2)c(Br)c1-c1ccccc1. The highest BCUT2D eigenvalue weighted by atomic mass is 79.9. The molecule has 1 N–H and O–H groups in total. The van der Waals surface area contributed by atoms with Crippen LogP contribution in [0.3, 0.4) is 0 Å². The highest BCUT2D eigenvalue weighted by Crippen LogP contribution is 2.50. The first-order valence-corrected chi connectivity index (χ1v) is 9.69. The van der Waals surface area contributed by atoms with Gasteiger partial charge in [0.05, 0.1) is 0 Å². The largest absolute Gasteiger partial charge is 0.507 e. The van der Waals surface area contributed by atoms with Gasteiger partial charge in [0.1, 0.15) is 5.75 Å². The summed E-state index contributed by atoms with van der Waals surface area (Å²) in [6.07, 6.45) is 0. The lowest BCUT2D eigenvalue weighted by atomic mass is 9.87. The number of benzene rings is 4. The molecule has 0 radical (unpaired) electrons. The van der Waals surface area contributed by atoms with E-state index in [0.29, 0.717) is 5.75 Å². The highest BCUT2D eigenvalue weighted by Gasteiger charge is 2.23. The minimum absolute atomic E-state index is 0.321. The lowest BCUT2D eigenvalue weighted by Crippen LogP contribution is -1.95. The van der Waals surface area contributed by atoms with E-state index in [9.17, 15) is 5.11 Å². The summed E-state index contributed by atoms with van der Waals surface area (Å²) >= 11 is 3.88. The molecule has 4 aromatic rings. The van der Waals surface area contributed by atoms with Crippen molar-refractivity contribution in [2.45, 2.75) is 6.92 Å². The Morgan fingerprint density at radius 1 is 0.556 bits per heavy atom. The first-order valence-electron chi connectivity index (χ1n) is 8.89. The maximum Gasteiger partial charge on any atom is 0.127 e. The van der Waals surface area contributed by atoms with Crippen molar-refractivity contribution in [1.82, 2.24) is 0 Å². The number of hydrogen-bond acceptors (Lipinski definition) is 1. The van der Waals surface area contributed by atoms with Gasteiger partial charge >= 0.3 is 0 Å². The van der Waals surface area contributed by atoms with E-state index in [1.54, 1.807) is 0 Å². The monoisotopic (exact) mass is 414 g/mol. The van der Waals surface area contributed by atoms with Crippen LogP contribution in [-0.4, -0.2) is 5.11 Å². The fourth-order valence-corrected chi connectivity index (χ4v) is 4.49. The van der Waals surface area contributed by atoms with Crippen LogP contribution in [0.1, 0.15) is 5.56 Å². The van der Waals surface area contributed by atoms with Crippen molar-refractivity contribution in [3.63, 3.8) is 0 Å². The predicted octanol–water partition coefficient (Wildman–Crippen LogP) is 7.46. The van der Waals surface area contributed by atoms with Gasteiger partial charge in [-0.25, -0.2) is 0 Å². The second-order valence-corrected chi connectivity index (χ2v) is 7.30. The lowest BCUT2D eigenvalue weighted by Gasteiger charge is -2.21.